The van der Waals surface area contributed by atoms with E-state index >= 15 is 0 Å². The Morgan fingerprint density at radius 2 is 1.85 bits per heavy atom. The minimum Gasteiger partial charge on any atom is -0.326 e. The highest BCUT2D eigenvalue weighted by Crippen LogP contribution is 2.22. The van der Waals surface area contributed by atoms with Gasteiger partial charge in [0.1, 0.15) is 5.52 Å². The second-order valence-corrected chi connectivity index (χ2v) is 6.10. The topological polar surface area (TPSA) is 117 Å². The zero-order valence-electron chi connectivity index (χ0n) is 14.3. The van der Waals surface area contributed by atoms with Crippen LogP contribution in [0.2, 0.25) is 0 Å². The summed E-state index contributed by atoms with van der Waals surface area (Å²) in [5.74, 6) is -0.00831. The van der Waals surface area contributed by atoms with Crippen molar-refractivity contribution in [2.24, 2.45) is 5.73 Å². The fraction of sp³-hybridized carbons (Fsp3) is 0.0500. The van der Waals surface area contributed by atoms with Crippen molar-refractivity contribution in [3.63, 3.8) is 0 Å². The molecule has 0 spiro atoms. The van der Waals surface area contributed by atoms with Crippen LogP contribution in [0.25, 0.3) is 22.2 Å². The van der Waals surface area contributed by atoms with Crippen LogP contribution < -0.4 is 16.7 Å². The third-order valence-electron chi connectivity index (χ3n) is 4.32. The number of nitrogens with zero attached hydrogens (tertiary/aromatic N) is 1. The Bertz CT molecular complexity index is 1170. The Balaban J connectivity index is 1.63. The van der Waals surface area contributed by atoms with Crippen LogP contribution in [0.4, 0.5) is 5.82 Å². The summed E-state index contributed by atoms with van der Waals surface area (Å²) in [6.07, 6.45) is 1.52. The summed E-state index contributed by atoms with van der Waals surface area (Å²) in [6.45, 7) is 0.489. The molecule has 0 bridgehead atoms. The van der Waals surface area contributed by atoms with Gasteiger partial charge < -0.3 is 21.0 Å². The van der Waals surface area contributed by atoms with E-state index in [1.54, 1.807) is 12.1 Å². The van der Waals surface area contributed by atoms with Gasteiger partial charge in [-0.1, -0.05) is 36.4 Å². The molecule has 4 aromatic rings. The maximum absolute atomic E-state index is 12.7. The molecule has 7 heteroatoms. The molecule has 2 aromatic heterocycles. The Labute approximate surface area is 154 Å². The van der Waals surface area contributed by atoms with Gasteiger partial charge in [-0.2, -0.15) is 0 Å². The molecule has 0 saturated carbocycles. The van der Waals surface area contributed by atoms with Gasteiger partial charge in [0.25, 0.3) is 5.91 Å². The number of carbonyl (C=O) groups excluding carboxylic acids is 1. The van der Waals surface area contributed by atoms with Gasteiger partial charge in [-0.3, -0.25) is 4.79 Å². The first kappa shape index (κ1) is 16.7. The van der Waals surface area contributed by atoms with Crippen LogP contribution >= 0.6 is 0 Å². The number of H-pyrrole nitrogens is 2. The van der Waals surface area contributed by atoms with Crippen molar-refractivity contribution < 1.29 is 4.79 Å². The van der Waals surface area contributed by atoms with Crippen molar-refractivity contribution in [1.29, 1.82) is 0 Å². The quantitative estimate of drug-likeness (QED) is 0.448. The highest BCUT2D eigenvalue weighted by atomic mass is 16.2. The van der Waals surface area contributed by atoms with Crippen LogP contribution in [-0.2, 0) is 6.54 Å². The molecule has 0 fully saturated rings. The molecule has 0 saturated heterocycles. The van der Waals surface area contributed by atoms with E-state index in [2.05, 4.69) is 20.3 Å². The van der Waals surface area contributed by atoms with E-state index in [1.807, 2.05) is 42.5 Å². The lowest BCUT2D eigenvalue weighted by molar-refractivity contribution is 0.102. The van der Waals surface area contributed by atoms with Crippen molar-refractivity contribution in [1.82, 2.24) is 15.0 Å². The first-order valence-electron chi connectivity index (χ1n) is 8.42. The largest absolute Gasteiger partial charge is 0.326 e. The van der Waals surface area contributed by atoms with Crippen LogP contribution in [0.15, 0.2) is 65.6 Å². The summed E-state index contributed by atoms with van der Waals surface area (Å²) in [5.41, 5.74) is 9.79. The average Bonchev–Trinajstić information content (AvgIpc) is 3.09. The number of hydrogen-bond acceptors (Lipinski definition) is 4. The van der Waals surface area contributed by atoms with Crippen molar-refractivity contribution >= 4 is 22.8 Å². The molecule has 5 N–H and O–H groups in total. The molecule has 2 aromatic carbocycles. The monoisotopic (exact) mass is 359 g/mol. The van der Waals surface area contributed by atoms with Gasteiger partial charge in [0.15, 0.2) is 5.82 Å². The highest BCUT2D eigenvalue weighted by molar-refractivity contribution is 6.07. The van der Waals surface area contributed by atoms with E-state index < -0.39 is 0 Å². The number of pyridine rings is 1. The van der Waals surface area contributed by atoms with E-state index in [0.717, 1.165) is 16.7 Å². The van der Waals surface area contributed by atoms with Crippen molar-refractivity contribution in [3.8, 4) is 11.1 Å². The molecule has 27 heavy (non-hydrogen) atoms. The number of anilines is 1. The average molecular weight is 359 g/mol. The second-order valence-electron chi connectivity index (χ2n) is 6.10. The number of aromatic amines is 2. The van der Waals surface area contributed by atoms with Crippen LogP contribution in [0.3, 0.4) is 0 Å². The zero-order chi connectivity index (χ0) is 18.8. The van der Waals surface area contributed by atoms with E-state index in [1.165, 1.54) is 6.20 Å². The summed E-state index contributed by atoms with van der Waals surface area (Å²) < 4.78 is 0. The van der Waals surface area contributed by atoms with E-state index in [9.17, 15) is 9.59 Å². The summed E-state index contributed by atoms with van der Waals surface area (Å²) in [7, 11) is 0. The number of hydrogen-bond donors (Lipinski definition) is 4. The Morgan fingerprint density at radius 1 is 1.04 bits per heavy atom. The first-order chi connectivity index (χ1) is 13.1. The zero-order valence-corrected chi connectivity index (χ0v) is 14.3. The molecular weight excluding hydrogens is 342 g/mol. The van der Waals surface area contributed by atoms with Crippen molar-refractivity contribution in [2.45, 2.75) is 6.54 Å². The van der Waals surface area contributed by atoms with E-state index in [-0.39, 0.29) is 11.6 Å². The van der Waals surface area contributed by atoms with Crippen molar-refractivity contribution in [2.75, 3.05) is 5.32 Å². The molecular formula is C20H17N5O2. The number of fused-ring (bicyclic) bond motifs is 1. The summed E-state index contributed by atoms with van der Waals surface area (Å²) in [4.78, 5) is 33.6. The molecule has 2 heterocycles. The molecule has 0 atom stereocenters. The van der Waals surface area contributed by atoms with Crippen LogP contribution in [-0.4, -0.2) is 20.9 Å². The third-order valence-corrected chi connectivity index (χ3v) is 4.32. The SMILES string of the molecule is NCc1ccc(-c2cccc(C(=O)Nc3nccc4[nH]c(=O)[nH]c34)c2)cc1. The van der Waals surface area contributed by atoms with Gasteiger partial charge in [0, 0.05) is 18.3 Å². The fourth-order valence-electron chi connectivity index (χ4n) is 2.91. The van der Waals surface area contributed by atoms with Gasteiger partial charge in [-0.25, -0.2) is 9.78 Å². The number of imidazole rings is 1. The minimum absolute atomic E-state index is 0.300. The molecule has 0 aliphatic heterocycles. The molecule has 0 aliphatic carbocycles. The van der Waals surface area contributed by atoms with Gasteiger partial charge in [-0.15, -0.1) is 0 Å². The summed E-state index contributed by atoms with van der Waals surface area (Å²) in [5, 5.41) is 2.75. The molecule has 0 aliphatic rings. The predicted molar refractivity (Wildman–Crippen MR) is 104 cm³/mol. The number of benzene rings is 2. The minimum atomic E-state index is -0.351. The fourth-order valence-corrected chi connectivity index (χ4v) is 2.91. The molecule has 0 radical (unpaired) electrons. The number of rotatable bonds is 4. The van der Waals surface area contributed by atoms with Crippen LogP contribution in [0, 0.1) is 0 Å². The molecule has 4 rings (SSSR count). The molecule has 7 nitrogen and oxygen atoms in total. The van der Waals surface area contributed by atoms with E-state index in [0.29, 0.717) is 29.0 Å². The van der Waals surface area contributed by atoms with Crippen LogP contribution in [0.5, 0.6) is 0 Å². The maximum Gasteiger partial charge on any atom is 0.323 e. The molecule has 1 amide bonds. The van der Waals surface area contributed by atoms with E-state index in [4.69, 9.17) is 5.73 Å². The third kappa shape index (κ3) is 3.36. The predicted octanol–water partition coefficient (Wildman–Crippen LogP) is 2.63. The standard InChI is InChI=1S/C20H17N5O2/c21-11-12-4-6-13(7-5-12)14-2-1-3-15(10-14)19(26)25-18-17-16(8-9-22-18)23-20(27)24-17/h1-10H,11,21H2,(H,22,25,26)(H2,23,24,27). The number of nitrogens with two attached hydrogens (primary N) is 1. The van der Waals surface area contributed by atoms with Gasteiger partial charge in [0.2, 0.25) is 0 Å². The molecule has 134 valence electrons. The first-order valence-corrected chi connectivity index (χ1v) is 8.42. The smallest absolute Gasteiger partial charge is 0.323 e. The number of amides is 1. The van der Waals surface area contributed by atoms with Gasteiger partial charge in [0.05, 0.1) is 5.52 Å². The highest BCUT2D eigenvalue weighted by Gasteiger charge is 2.12. The maximum atomic E-state index is 12.7. The van der Waals surface area contributed by atoms with Crippen molar-refractivity contribution in [3.05, 3.63) is 82.4 Å². The number of carbonyl (C=O) groups is 1. The Hall–Kier alpha value is -3.71. The Kier molecular flexibility index (Phi) is 4.27. The Morgan fingerprint density at radius 3 is 2.63 bits per heavy atom. The second kappa shape index (κ2) is 6.89. The summed E-state index contributed by atoms with van der Waals surface area (Å²) in [6, 6.07) is 16.9. The van der Waals surface area contributed by atoms with Crippen LogP contribution in [0.1, 0.15) is 15.9 Å². The number of aromatic nitrogens is 3. The summed E-state index contributed by atoms with van der Waals surface area (Å²) >= 11 is 0. The normalized spacial score (nSPS) is 10.9. The lowest BCUT2D eigenvalue weighted by Gasteiger charge is -2.08. The van der Waals surface area contributed by atoms with Gasteiger partial charge >= 0.3 is 5.69 Å². The number of nitrogens with one attached hydrogen (secondary N) is 3. The lowest BCUT2D eigenvalue weighted by Crippen LogP contribution is -2.13. The lowest BCUT2D eigenvalue weighted by atomic mass is 10.0. The van der Waals surface area contributed by atoms with Gasteiger partial charge in [-0.05, 0) is 34.9 Å². The molecule has 0 unspecified atom stereocenters.